The van der Waals surface area contributed by atoms with Crippen molar-refractivity contribution in [2.45, 2.75) is 12.5 Å². The van der Waals surface area contributed by atoms with Crippen molar-refractivity contribution < 1.29 is 19.1 Å². The molecule has 6 heteroatoms. The van der Waals surface area contributed by atoms with Gasteiger partial charge in [0.05, 0.1) is 12.5 Å². The van der Waals surface area contributed by atoms with E-state index in [9.17, 15) is 14.0 Å². The number of aliphatic carboxylic acids is 1. The molecular weight excluding hydrogens is 239 g/mol. The predicted octanol–water partition coefficient (Wildman–Crippen LogP) is 1.32. The second kappa shape index (κ2) is 4.45. The lowest BCUT2D eigenvalue weighted by Gasteiger charge is -2.18. The third-order valence-electron chi connectivity index (χ3n) is 2.80. The van der Waals surface area contributed by atoms with Gasteiger partial charge in [-0.05, 0) is 18.2 Å². The van der Waals surface area contributed by atoms with Gasteiger partial charge in [-0.1, -0.05) is 0 Å². The second-order valence-electron chi connectivity index (χ2n) is 3.91. The first-order valence-electron chi connectivity index (χ1n) is 5.26. The van der Waals surface area contributed by atoms with Crippen LogP contribution in [0.5, 0.6) is 0 Å². The molecule has 0 aromatic heterocycles. The zero-order chi connectivity index (χ0) is 13.3. The Morgan fingerprint density at radius 2 is 2.28 bits per heavy atom. The largest absolute Gasteiger partial charge is 0.481 e. The Morgan fingerprint density at radius 3 is 2.89 bits per heavy atom. The number of amides is 1. The molecule has 0 bridgehead atoms. The third kappa shape index (κ3) is 1.91. The zero-order valence-electron chi connectivity index (χ0n) is 9.26. The number of hydrogen-bond acceptors (Lipinski definition) is 3. The lowest BCUT2D eigenvalue weighted by Crippen LogP contribution is -2.29. The number of carboxylic acid groups (broad SMARTS) is 1. The highest BCUT2D eigenvalue weighted by molar-refractivity contribution is 5.99. The van der Waals surface area contributed by atoms with Crippen molar-refractivity contribution in [3.8, 4) is 6.07 Å². The second-order valence-corrected chi connectivity index (χ2v) is 3.91. The van der Waals surface area contributed by atoms with Crippen LogP contribution in [0.15, 0.2) is 18.2 Å². The molecule has 1 unspecified atom stereocenters. The van der Waals surface area contributed by atoms with Gasteiger partial charge in [-0.2, -0.15) is 5.26 Å². The standard InChI is InChI=1S/C12H9FN2O3/c13-7-1-2-8-9(5-7)10(6-14)15(12(8)18)4-3-11(16)17/h1-2,5,10H,3-4H2,(H,16,17). The summed E-state index contributed by atoms with van der Waals surface area (Å²) in [4.78, 5) is 23.6. The molecular formula is C12H9FN2O3. The molecule has 1 aliphatic rings. The van der Waals surface area contributed by atoms with Crippen molar-refractivity contribution in [3.05, 3.63) is 35.1 Å². The van der Waals surface area contributed by atoms with Crippen molar-refractivity contribution in [2.24, 2.45) is 0 Å². The van der Waals surface area contributed by atoms with Gasteiger partial charge in [0.25, 0.3) is 5.91 Å². The molecule has 0 saturated carbocycles. The van der Waals surface area contributed by atoms with E-state index >= 15 is 0 Å². The Bertz CT molecular complexity index is 565. The van der Waals surface area contributed by atoms with Crippen LogP contribution in [-0.2, 0) is 4.79 Å². The van der Waals surface area contributed by atoms with E-state index in [-0.39, 0.29) is 18.5 Å². The van der Waals surface area contributed by atoms with E-state index < -0.39 is 23.7 Å². The average molecular weight is 248 g/mol. The number of benzene rings is 1. The number of carboxylic acids is 1. The predicted molar refractivity (Wildman–Crippen MR) is 58.0 cm³/mol. The van der Waals surface area contributed by atoms with Gasteiger partial charge in [-0.15, -0.1) is 0 Å². The zero-order valence-corrected chi connectivity index (χ0v) is 9.26. The maximum Gasteiger partial charge on any atom is 0.305 e. The van der Waals surface area contributed by atoms with Crippen molar-refractivity contribution in [2.75, 3.05) is 6.54 Å². The highest BCUT2D eigenvalue weighted by Crippen LogP contribution is 2.33. The van der Waals surface area contributed by atoms with Crippen LogP contribution in [0.2, 0.25) is 0 Å². The molecule has 1 N–H and O–H groups in total. The highest BCUT2D eigenvalue weighted by atomic mass is 19.1. The van der Waals surface area contributed by atoms with E-state index in [4.69, 9.17) is 10.4 Å². The SMILES string of the molecule is N#CC1c2cc(F)ccc2C(=O)N1CCC(=O)O. The molecule has 1 aromatic carbocycles. The summed E-state index contributed by atoms with van der Waals surface area (Å²) >= 11 is 0. The minimum atomic E-state index is -1.05. The fourth-order valence-corrected chi connectivity index (χ4v) is 1.98. The van der Waals surface area contributed by atoms with Crippen LogP contribution in [0.25, 0.3) is 0 Å². The lowest BCUT2D eigenvalue weighted by molar-refractivity contribution is -0.137. The van der Waals surface area contributed by atoms with Crippen LogP contribution in [0, 0.1) is 17.1 Å². The molecule has 0 fully saturated rings. The van der Waals surface area contributed by atoms with Gasteiger partial charge in [-0.3, -0.25) is 9.59 Å². The molecule has 1 aliphatic heterocycles. The minimum Gasteiger partial charge on any atom is -0.481 e. The summed E-state index contributed by atoms with van der Waals surface area (Å²) in [5, 5.41) is 17.6. The van der Waals surface area contributed by atoms with Gasteiger partial charge in [0.1, 0.15) is 11.9 Å². The van der Waals surface area contributed by atoms with Crippen molar-refractivity contribution >= 4 is 11.9 Å². The van der Waals surface area contributed by atoms with E-state index in [0.717, 1.165) is 17.0 Å². The first-order valence-corrected chi connectivity index (χ1v) is 5.26. The number of carbonyl (C=O) groups is 2. The number of carbonyl (C=O) groups excluding carboxylic acids is 1. The molecule has 0 aliphatic carbocycles. The Hall–Kier alpha value is -2.42. The molecule has 1 aromatic rings. The van der Waals surface area contributed by atoms with Gasteiger partial charge in [-0.25, -0.2) is 4.39 Å². The molecule has 0 radical (unpaired) electrons. The normalized spacial score (nSPS) is 17.4. The molecule has 1 heterocycles. The van der Waals surface area contributed by atoms with E-state index in [1.54, 1.807) is 0 Å². The van der Waals surface area contributed by atoms with Gasteiger partial charge in [0.15, 0.2) is 0 Å². The third-order valence-corrected chi connectivity index (χ3v) is 2.80. The Balaban J connectivity index is 2.34. The minimum absolute atomic E-state index is 0.0668. The summed E-state index contributed by atoms with van der Waals surface area (Å²) in [5.74, 6) is -2.01. The van der Waals surface area contributed by atoms with Crippen molar-refractivity contribution in [3.63, 3.8) is 0 Å². The fourth-order valence-electron chi connectivity index (χ4n) is 1.98. The van der Waals surface area contributed by atoms with Crippen LogP contribution < -0.4 is 0 Å². The Labute approximate surface area is 102 Å². The van der Waals surface area contributed by atoms with Gasteiger partial charge in [0, 0.05) is 17.7 Å². The molecule has 0 saturated heterocycles. The summed E-state index contributed by atoms with van der Waals surface area (Å²) < 4.78 is 13.1. The van der Waals surface area contributed by atoms with Crippen LogP contribution in [0.1, 0.15) is 28.4 Å². The molecule has 18 heavy (non-hydrogen) atoms. The molecule has 5 nitrogen and oxygen atoms in total. The topological polar surface area (TPSA) is 81.4 Å². The number of halogens is 1. The van der Waals surface area contributed by atoms with E-state index in [0.29, 0.717) is 5.56 Å². The number of fused-ring (bicyclic) bond motifs is 1. The van der Waals surface area contributed by atoms with E-state index in [1.165, 1.54) is 6.07 Å². The number of nitriles is 1. The number of nitrogens with zero attached hydrogens (tertiary/aromatic N) is 2. The summed E-state index contributed by atoms with van der Waals surface area (Å²) in [6.07, 6.45) is -0.250. The summed E-state index contributed by atoms with van der Waals surface area (Å²) in [5.41, 5.74) is 0.557. The van der Waals surface area contributed by atoms with E-state index in [1.807, 2.05) is 6.07 Å². The monoisotopic (exact) mass is 248 g/mol. The van der Waals surface area contributed by atoms with Gasteiger partial charge < -0.3 is 10.0 Å². The molecule has 1 amide bonds. The van der Waals surface area contributed by atoms with Crippen molar-refractivity contribution in [1.29, 1.82) is 5.26 Å². The number of rotatable bonds is 3. The summed E-state index contributed by atoms with van der Waals surface area (Å²) in [6, 6.07) is 4.59. The smallest absolute Gasteiger partial charge is 0.305 e. The van der Waals surface area contributed by atoms with Crippen LogP contribution in [-0.4, -0.2) is 28.4 Å². The fraction of sp³-hybridized carbons (Fsp3) is 0.250. The van der Waals surface area contributed by atoms with Crippen LogP contribution in [0.3, 0.4) is 0 Å². The lowest BCUT2D eigenvalue weighted by atomic mass is 10.1. The van der Waals surface area contributed by atoms with Crippen LogP contribution >= 0.6 is 0 Å². The first kappa shape index (κ1) is 12.0. The summed E-state index contributed by atoms with van der Waals surface area (Å²) in [7, 11) is 0. The Morgan fingerprint density at radius 1 is 1.56 bits per heavy atom. The highest BCUT2D eigenvalue weighted by Gasteiger charge is 2.36. The first-order chi connectivity index (χ1) is 8.54. The summed E-state index contributed by atoms with van der Waals surface area (Å²) in [6.45, 7) is -0.0668. The molecule has 92 valence electrons. The Kier molecular flexibility index (Phi) is 2.98. The molecule has 0 spiro atoms. The van der Waals surface area contributed by atoms with Gasteiger partial charge >= 0.3 is 5.97 Å². The van der Waals surface area contributed by atoms with Gasteiger partial charge in [0.2, 0.25) is 0 Å². The quantitative estimate of drug-likeness (QED) is 0.874. The maximum atomic E-state index is 13.1. The maximum absolute atomic E-state index is 13.1. The van der Waals surface area contributed by atoms with E-state index in [2.05, 4.69) is 0 Å². The molecule has 2 rings (SSSR count). The number of hydrogen-bond donors (Lipinski definition) is 1. The molecule has 1 atom stereocenters. The van der Waals surface area contributed by atoms with Crippen molar-refractivity contribution in [1.82, 2.24) is 4.90 Å². The van der Waals surface area contributed by atoms with Crippen LogP contribution in [0.4, 0.5) is 4.39 Å². The average Bonchev–Trinajstić information content (AvgIpc) is 2.58.